The summed E-state index contributed by atoms with van der Waals surface area (Å²) in [4.78, 5) is 17.5. The van der Waals surface area contributed by atoms with E-state index in [4.69, 9.17) is 0 Å². The molecule has 2 rings (SSSR count). The Morgan fingerprint density at radius 1 is 1.50 bits per heavy atom. The lowest BCUT2D eigenvalue weighted by molar-refractivity contribution is -0.132. The molecule has 0 aromatic carbocycles. The van der Waals surface area contributed by atoms with Crippen LogP contribution in [0.4, 0.5) is 0 Å². The van der Waals surface area contributed by atoms with Gasteiger partial charge in [0, 0.05) is 37.6 Å². The number of hydrogen-bond donors (Lipinski definition) is 1. The predicted octanol–water partition coefficient (Wildman–Crippen LogP) is 0.920. The van der Waals surface area contributed by atoms with Crippen LogP contribution >= 0.6 is 11.3 Å². The highest BCUT2D eigenvalue weighted by Gasteiger charge is 2.17. The van der Waals surface area contributed by atoms with Crippen LogP contribution in [0.3, 0.4) is 0 Å². The molecule has 100 valence electrons. The molecule has 18 heavy (non-hydrogen) atoms. The molecule has 1 aromatic heterocycles. The van der Waals surface area contributed by atoms with Crippen molar-refractivity contribution >= 4 is 17.2 Å². The zero-order valence-corrected chi connectivity index (χ0v) is 11.9. The number of nitrogens with zero attached hydrogens (tertiary/aromatic N) is 2. The van der Waals surface area contributed by atoms with E-state index in [2.05, 4.69) is 28.6 Å². The minimum Gasteiger partial charge on any atom is -0.339 e. The Hall–Kier alpha value is -0.910. The van der Waals surface area contributed by atoms with Crippen molar-refractivity contribution in [2.24, 2.45) is 0 Å². The molecule has 1 aromatic rings. The Kier molecular flexibility index (Phi) is 4.74. The van der Waals surface area contributed by atoms with Gasteiger partial charge in [0.25, 0.3) is 0 Å². The van der Waals surface area contributed by atoms with Crippen molar-refractivity contribution in [3.05, 3.63) is 21.9 Å². The highest BCUT2D eigenvalue weighted by atomic mass is 32.1. The molecule has 1 saturated heterocycles. The molecule has 1 N–H and O–H groups in total. The van der Waals surface area contributed by atoms with Gasteiger partial charge in [-0.25, -0.2) is 0 Å². The third kappa shape index (κ3) is 3.54. The Morgan fingerprint density at radius 2 is 2.22 bits per heavy atom. The molecule has 0 radical (unpaired) electrons. The van der Waals surface area contributed by atoms with Crippen molar-refractivity contribution < 1.29 is 4.79 Å². The van der Waals surface area contributed by atoms with Crippen LogP contribution in [0.15, 0.2) is 11.4 Å². The molecule has 1 fully saturated rings. The summed E-state index contributed by atoms with van der Waals surface area (Å²) in [6.45, 7) is 7.00. The first kappa shape index (κ1) is 13.5. The number of nitrogens with one attached hydrogen (secondary N) is 1. The number of thiophene rings is 1. The van der Waals surface area contributed by atoms with E-state index >= 15 is 0 Å². The fourth-order valence-electron chi connectivity index (χ4n) is 2.11. The second-order valence-electron chi connectivity index (χ2n) is 4.83. The van der Waals surface area contributed by atoms with E-state index in [1.54, 1.807) is 11.3 Å². The van der Waals surface area contributed by atoms with Crippen molar-refractivity contribution in [2.45, 2.75) is 13.5 Å². The molecule has 2 heterocycles. The average molecular weight is 267 g/mol. The van der Waals surface area contributed by atoms with Gasteiger partial charge < -0.3 is 10.2 Å². The number of carbonyl (C=O) groups excluding carboxylic acids is 1. The van der Waals surface area contributed by atoms with E-state index < -0.39 is 0 Å². The molecule has 1 amide bonds. The van der Waals surface area contributed by atoms with Gasteiger partial charge in [-0.1, -0.05) is 0 Å². The van der Waals surface area contributed by atoms with Gasteiger partial charge in [-0.05, 0) is 31.0 Å². The SMILES string of the molecule is Cc1ccsc1CN(C)CC(=O)N1CCNCC1. The van der Waals surface area contributed by atoms with Crippen LogP contribution in [0.1, 0.15) is 10.4 Å². The van der Waals surface area contributed by atoms with E-state index in [1.165, 1.54) is 10.4 Å². The summed E-state index contributed by atoms with van der Waals surface area (Å²) in [6, 6.07) is 2.13. The second-order valence-corrected chi connectivity index (χ2v) is 5.83. The van der Waals surface area contributed by atoms with Gasteiger partial charge in [-0.3, -0.25) is 9.69 Å². The van der Waals surface area contributed by atoms with Crippen molar-refractivity contribution in [1.29, 1.82) is 0 Å². The number of aryl methyl sites for hydroxylation is 1. The number of carbonyl (C=O) groups is 1. The topological polar surface area (TPSA) is 35.6 Å². The molecule has 1 aliphatic heterocycles. The maximum absolute atomic E-state index is 12.1. The lowest BCUT2D eigenvalue weighted by Gasteiger charge is -2.29. The van der Waals surface area contributed by atoms with Gasteiger partial charge in [-0.2, -0.15) is 0 Å². The van der Waals surface area contributed by atoms with Crippen molar-refractivity contribution in [3.8, 4) is 0 Å². The minimum absolute atomic E-state index is 0.244. The first-order valence-corrected chi connectivity index (χ1v) is 7.25. The fraction of sp³-hybridized carbons (Fsp3) is 0.615. The number of amides is 1. The van der Waals surface area contributed by atoms with Gasteiger partial charge in [0.1, 0.15) is 0 Å². The molecular formula is C13H21N3OS. The monoisotopic (exact) mass is 267 g/mol. The van der Waals surface area contributed by atoms with Gasteiger partial charge in [-0.15, -0.1) is 11.3 Å². The maximum atomic E-state index is 12.1. The second kappa shape index (κ2) is 6.31. The summed E-state index contributed by atoms with van der Waals surface area (Å²) >= 11 is 1.76. The normalized spacial score (nSPS) is 16.3. The van der Waals surface area contributed by atoms with E-state index in [-0.39, 0.29) is 5.91 Å². The molecule has 0 spiro atoms. The maximum Gasteiger partial charge on any atom is 0.236 e. The van der Waals surface area contributed by atoms with Crippen LogP contribution in [0, 0.1) is 6.92 Å². The standard InChI is InChI=1S/C13H21N3OS/c1-11-3-8-18-12(11)9-15(2)10-13(17)16-6-4-14-5-7-16/h3,8,14H,4-7,9-10H2,1-2H3. The minimum atomic E-state index is 0.244. The molecule has 0 unspecified atom stereocenters. The van der Waals surface area contributed by atoms with Crippen LogP contribution in [-0.2, 0) is 11.3 Å². The molecule has 0 atom stereocenters. The molecule has 5 heteroatoms. The first-order chi connectivity index (χ1) is 8.66. The van der Waals surface area contributed by atoms with Crippen LogP contribution < -0.4 is 5.32 Å². The zero-order valence-electron chi connectivity index (χ0n) is 11.1. The van der Waals surface area contributed by atoms with Crippen LogP contribution in [0.2, 0.25) is 0 Å². The summed E-state index contributed by atoms with van der Waals surface area (Å²) in [7, 11) is 2.01. The summed E-state index contributed by atoms with van der Waals surface area (Å²) in [6.07, 6.45) is 0. The highest BCUT2D eigenvalue weighted by molar-refractivity contribution is 7.10. The Bertz CT molecular complexity index is 399. The number of rotatable bonds is 4. The quantitative estimate of drug-likeness (QED) is 0.881. The zero-order chi connectivity index (χ0) is 13.0. The average Bonchev–Trinajstić information content (AvgIpc) is 2.76. The smallest absolute Gasteiger partial charge is 0.236 e. The summed E-state index contributed by atoms with van der Waals surface area (Å²) in [5.41, 5.74) is 1.32. The molecular weight excluding hydrogens is 246 g/mol. The van der Waals surface area contributed by atoms with E-state index in [1.807, 2.05) is 11.9 Å². The number of hydrogen-bond acceptors (Lipinski definition) is 4. The lowest BCUT2D eigenvalue weighted by Crippen LogP contribution is -2.49. The summed E-state index contributed by atoms with van der Waals surface area (Å²) in [5, 5.41) is 5.37. The molecule has 0 bridgehead atoms. The van der Waals surface area contributed by atoms with Crippen LogP contribution in [0.25, 0.3) is 0 Å². The summed E-state index contributed by atoms with van der Waals surface area (Å²) < 4.78 is 0. The molecule has 4 nitrogen and oxygen atoms in total. The molecule has 1 aliphatic rings. The predicted molar refractivity (Wildman–Crippen MR) is 74.8 cm³/mol. The van der Waals surface area contributed by atoms with Gasteiger partial charge in [0.05, 0.1) is 6.54 Å². The van der Waals surface area contributed by atoms with E-state index in [0.717, 1.165) is 32.7 Å². The van der Waals surface area contributed by atoms with Crippen LogP contribution in [0.5, 0.6) is 0 Å². The Balaban J connectivity index is 1.81. The van der Waals surface area contributed by atoms with E-state index in [9.17, 15) is 4.79 Å². The Labute approximate surface area is 113 Å². The fourth-order valence-corrected chi connectivity index (χ4v) is 3.10. The van der Waals surface area contributed by atoms with Gasteiger partial charge in [0.2, 0.25) is 5.91 Å². The summed E-state index contributed by atoms with van der Waals surface area (Å²) in [5.74, 6) is 0.244. The largest absolute Gasteiger partial charge is 0.339 e. The third-order valence-electron chi connectivity index (χ3n) is 3.26. The Morgan fingerprint density at radius 3 is 2.83 bits per heavy atom. The van der Waals surface area contributed by atoms with Gasteiger partial charge >= 0.3 is 0 Å². The molecule has 0 saturated carbocycles. The molecule has 0 aliphatic carbocycles. The van der Waals surface area contributed by atoms with Gasteiger partial charge in [0.15, 0.2) is 0 Å². The number of likely N-dealkylation sites (N-methyl/N-ethyl adjacent to an activating group) is 1. The highest BCUT2D eigenvalue weighted by Crippen LogP contribution is 2.17. The number of piperazine rings is 1. The van der Waals surface area contributed by atoms with Crippen molar-refractivity contribution in [2.75, 3.05) is 39.8 Å². The lowest BCUT2D eigenvalue weighted by atomic mass is 10.3. The first-order valence-electron chi connectivity index (χ1n) is 6.37. The third-order valence-corrected chi connectivity index (χ3v) is 4.26. The van der Waals surface area contributed by atoms with Crippen molar-refractivity contribution in [3.63, 3.8) is 0 Å². The van der Waals surface area contributed by atoms with Crippen molar-refractivity contribution in [1.82, 2.24) is 15.1 Å². The van der Waals surface area contributed by atoms with Crippen LogP contribution in [-0.4, -0.2) is 55.5 Å². The van der Waals surface area contributed by atoms with E-state index in [0.29, 0.717) is 6.54 Å².